The van der Waals surface area contributed by atoms with Gasteiger partial charge in [0.25, 0.3) is 5.91 Å². The molecule has 1 aromatic rings. The van der Waals surface area contributed by atoms with Crippen molar-refractivity contribution in [2.75, 3.05) is 6.54 Å². The van der Waals surface area contributed by atoms with Gasteiger partial charge in [-0.2, -0.15) is 5.43 Å². The summed E-state index contributed by atoms with van der Waals surface area (Å²) in [7, 11) is 0. The van der Waals surface area contributed by atoms with E-state index in [0.717, 1.165) is 30.4 Å². The van der Waals surface area contributed by atoms with Crippen LogP contribution in [-0.2, 0) is 0 Å². The monoisotopic (exact) mass is 277 g/mol. The molecule has 0 saturated carbocycles. The third-order valence-corrected chi connectivity index (χ3v) is 2.84. The van der Waals surface area contributed by atoms with Crippen LogP contribution in [0.5, 0.6) is 0 Å². The van der Waals surface area contributed by atoms with Gasteiger partial charge in [0.15, 0.2) is 5.69 Å². The molecule has 0 saturated heterocycles. The number of carbonyl (C=O) groups is 1. The maximum absolute atomic E-state index is 12.3. The Bertz CT molecular complexity index is 498. The van der Waals surface area contributed by atoms with Gasteiger partial charge >= 0.3 is 0 Å². The molecule has 0 radical (unpaired) electrons. The van der Waals surface area contributed by atoms with Crippen LogP contribution in [0.4, 0.5) is 5.69 Å². The average molecular weight is 277 g/mol. The highest BCUT2D eigenvalue weighted by Gasteiger charge is 2.16. The lowest BCUT2D eigenvalue weighted by Crippen LogP contribution is -2.72. The quantitative estimate of drug-likeness (QED) is 0.231. The molecular weight excluding hydrogens is 254 g/mol. The fourth-order valence-corrected chi connectivity index (χ4v) is 1.83. The maximum atomic E-state index is 12.3. The molecular formula is C14H23N5O+2. The number of amides is 1. The van der Waals surface area contributed by atoms with Gasteiger partial charge in [-0.1, -0.05) is 11.2 Å². The van der Waals surface area contributed by atoms with E-state index in [4.69, 9.17) is 5.41 Å². The fourth-order valence-electron chi connectivity index (χ4n) is 1.83. The van der Waals surface area contributed by atoms with Crippen molar-refractivity contribution in [3.05, 3.63) is 29.3 Å². The van der Waals surface area contributed by atoms with Crippen LogP contribution in [0.1, 0.15) is 29.3 Å². The smallest absolute Gasteiger partial charge is 0.257 e. The van der Waals surface area contributed by atoms with Crippen LogP contribution >= 0.6 is 0 Å². The van der Waals surface area contributed by atoms with Crippen molar-refractivity contribution in [3.8, 4) is 0 Å². The maximum Gasteiger partial charge on any atom is 0.257 e. The lowest BCUT2D eigenvalue weighted by Gasteiger charge is -2.13. The fraction of sp³-hybridized carbons (Fsp3) is 0.357. The highest BCUT2D eigenvalue weighted by molar-refractivity contribution is 6.14. The van der Waals surface area contributed by atoms with Crippen molar-refractivity contribution in [2.24, 2.45) is 5.10 Å². The molecule has 0 aliphatic rings. The Hall–Kier alpha value is -2.05. The Labute approximate surface area is 119 Å². The molecule has 108 valence electrons. The minimum atomic E-state index is -0.106. The molecule has 0 spiro atoms. The second-order valence-electron chi connectivity index (χ2n) is 4.70. The van der Waals surface area contributed by atoms with E-state index in [0.29, 0.717) is 5.56 Å². The summed E-state index contributed by atoms with van der Waals surface area (Å²) >= 11 is 0. The first-order chi connectivity index (χ1) is 9.58. The summed E-state index contributed by atoms with van der Waals surface area (Å²) in [6.07, 6.45) is 3.32. The topological polar surface area (TPSA) is 110 Å². The molecule has 1 unspecified atom stereocenters. The Balaban J connectivity index is 2.90. The predicted molar refractivity (Wildman–Crippen MR) is 79.3 cm³/mol. The van der Waals surface area contributed by atoms with E-state index in [1.807, 2.05) is 32.0 Å². The van der Waals surface area contributed by atoms with Gasteiger partial charge in [-0.25, -0.2) is 0 Å². The van der Waals surface area contributed by atoms with Crippen LogP contribution in [0.3, 0.4) is 0 Å². The molecule has 6 nitrogen and oxygen atoms in total. The Morgan fingerprint density at radius 2 is 2.35 bits per heavy atom. The van der Waals surface area contributed by atoms with Gasteiger partial charge in [-0.15, -0.1) is 0 Å². The third kappa shape index (κ3) is 4.91. The molecule has 6 heteroatoms. The number of nitrogens with two attached hydrogens (primary N) is 1. The molecule has 1 aromatic carbocycles. The van der Waals surface area contributed by atoms with E-state index in [-0.39, 0.29) is 11.9 Å². The van der Waals surface area contributed by atoms with E-state index in [1.54, 1.807) is 5.43 Å². The molecule has 1 rings (SSSR count). The molecule has 1 atom stereocenters. The van der Waals surface area contributed by atoms with Crippen molar-refractivity contribution in [2.45, 2.75) is 26.3 Å². The summed E-state index contributed by atoms with van der Waals surface area (Å²) in [6, 6.07) is 5.73. The molecule has 0 aliphatic heterocycles. The number of hydrogen-bond donors (Lipinski definition) is 4. The van der Waals surface area contributed by atoms with E-state index in [2.05, 4.69) is 16.2 Å². The van der Waals surface area contributed by atoms with Gasteiger partial charge in [0, 0.05) is 24.7 Å². The van der Waals surface area contributed by atoms with Gasteiger partial charge in [-0.05, 0) is 25.5 Å². The van der Waals surface area contributed by atoms with Crippen molar-refractivity contribution >= 4 is 24.0 Å². The SMILES string of the molecule is Cc1ccc([NH2+]N=CC=N)c(C(=O)NC(C)CC[NH3+])c1. The van der Waals surface area contributed by atoms with Crippen LogP contribution in [0.15, 0.2) is 23.3 Å². The number of quaternary nitrogens is 2. The van der Waals surface area contributed by atoms with Crippen LogP contribution in [-0.4, -0.2) is 30.9 Å². The lowest BCUT2D eigenvalue weighted by atomic mass is 10.1. The summed E-state index contributed by atoms with van der Waals surface area (Å²) < 4.78 is 0. The highest BCUT2D eigenvalue weighted by atomic mass is 16.1. The summed E-state index contributed by atoms with van der Waals surface area (Å²) in [5.74, 6) is -0.106. The molecule has 0 aromatic heterocycles. The zero-order valence-corrected chi connectivity index (χ0v) is 12.0. The lowest BCUT2D eigenvalue weighted by molar-refractivity contribution is -0.576. The minimum Gasteiger partial charge on any atom is -0.357 e. The van der Waals surface area contributed by atoms with Crippen molar-refractivity contribution in [3.63, 3.8) is 0 Å². The van der Waals surface area contributed by atoms with Crippen molar-refractivity contribution in [1.82, 2.24) is 5.32 Å². The van der Waals surface area contributed by atoms with Gasteiger partial charge in [0.05, 0.1) is 6.54 Å². The zero-order chi connectivity index (χ0) is 15.0. The van der Waals surface area contributed by atoms with E-state index in [1.165, 1.54) is 6.21 Å². The molecule has 20 heavy (non-hydrogen) atoms. The van der Waals surface area contributed by atoms with Gasteiger partial charge in [0.1, 0.15) is 11.8 Å². The number of benzene rings is 1. The summed E-state index contributed by atoms with van der Waals surface area (Å²) in [5.41, 5.74) is 7.74. The summed E-state index contributed by atoms with van der Waals surface area (Å²) in [4.78, 5) is 12.3. The number of rotatable bonds is 7. The van der Waals surface area contributed by atoms with Gasteiger partial charge in [-0.3, -0.25) is 4.79 Å². The average Bonchev–Trinajstić information content (AvgIpc) is 2.40. The number of aryl methyl sites for hydroxylation is 1. The molecule has 0 bridgehead atoms. The first-order valence-corrected chi connectivity index (χ1v) is 6.64. The predicted octanol–water partition coefficient (Wildman–Crippen LogP) is -0.424. The van der Waals surface area contributed by atoms with Crippen molar-refractivity contribution in [1.29, 1.82) is 5.41 Å². The molecule has 0 heterocycles. The third-order valence-electron chi connectivity index (χ3n) is 2.84. The summed E-state index contributed by atoms with van der Waals surface area (Å²) in [6.45, 7) is 4.70. The van der Waals surface area contributed by atoms with Crippen LogP contribution in [0.2, 0.25) is 0 Å². The van der Waals surface area contributed by atoms with E-state index >= 15 is 0 Å². The second kappa shape index (κ2) is 8.19. The molecule has 1 amide bonds. The first-order valence-electron chi connectivity index (χ1n) is 6.64. The number of carbonyl (C=O) groups excluding carboxylic acids is 1. The normalized spacial score (nSPS) is 12.3. The minimum absolute atomic E-state index is 0.0958. The number of hydrogen-bond acceptors (Lipinski definition) is 3. The largest absolute Gasteiger partial charge is 0.357 e. The molecule has 0 aliphatic carbocycles. The van der Waals surface area contributed by atoms with Crippen molar-refractivity contribution < 1.29 is 16.0 Å². The Morgan fingerprint density at radius 3 is 3.00 bits per heavy atom. The molecule has 0 fully saturated rings. The molecule has 7 N–H and O–H groups in total. The number of nitrogens with zero attached hydrogens (tertiary/aromatic N) is 1. The Morgan fingerprint density at radius 1 is 1.60 bits per heavy atom. The number of nitrogens with one attached hydrogen (secondary N) is 2. The Kier molecular flexibility index (Phi) is 6.55. The first kappa shape index (κ1) is 16.0. The van der Waals surface area contributed by atoms with Crippen LogP contribution < -0.4 is 16.5 Å². The zero-order valence-electron chi connectivity index (χ0n) is 12.0. The van der Waals surface area contributed by atoms with Gasteiger partial charge in [0.2, 0.25) is 0 Å². The van der Waals surface area contributed by atoms with Crippen LogP contribution in [0, 0.1) is 12.3 Å². The summed E-state index contributed by atoms with van der Waals surface area (Å²) in [5, 5.41) is 13.8. The standard InChI is InChI=1S/C14H21N5O/c1-10-3-4-13(19-17-8-7-16)12(9-10)14(20)18-11(2)5-6-15/h3-4,7-9,11,16,19H,5-6,15H2,1-2H3,(H,18,20)/p+2. The van der Waals surface area contributed by atoms with Gasteiger partial charge < -0.3 is 16.5 Å². The second-order valence-corrected chi connectivity index (χ2v) is 4.70. The van der Waals surface area contributed by atoms with Crippen LogP contribution in [0.25, 0.3) is 0 Å². The van der Waals surface area contributed by atoms with E-state index in [9.17, 15) is 4.79 Å². The highest BCUT2D eigenvalue weighted by Crippen LogP contribution is 2.13. The van der Waals surface area contributed by atoms with E-state index < -0.39 is 0 Å².